The first-order chi connectivity index (χ1) is 9.46. The summed E-state index contributed by atoms with van der Waals surface area (Å²) in [4.78, 5) is 8.64. The molecule has 1 fully saturated rings. The Morgan fingerprint density at radius 3 is 2.60 bits per heavy atom. The molecular weight excluding hydrogens is 248 g/mol. The van der Waals surface area contributed by atoms with Crippen LogP contribution in [0.15, 0.2) is 22.8 Å². The van der Waals surface area contributed by atoms with Gasteiger partial charge in [0.1, 0.15) is 0 Å². The number of anilines is 1. The van der Waals surface area contributed by atoms with Crippen molar-refractivity contribution in [2.45, 2.75) is 40.5 Å². The Bertz CT molecular complexity index is 566. The number of fused-ring (bicyclic) bond motifs is 1. The summed E-state index contributed by atoms with van der Waals surface area (Å²) < 4.78 is 0. The van der Waals surface area contributed by atoms with E-state index >= 15 is 0 Å². The second-order valence-corrected chi connectivity index (χ2v) is 6.59. The van der Waals surface area contributed by atoms with Crippen LogP contribution >= 0.6 is 0 Å². The fraction of sp³-hybridized carbons (Fsp3) is 0.562. The van der Waals surface area contributed by atoms with Gasteiger partial charge >= 0.3 is 0 Å². The van der Waals surface area contributed by atoms with Crippen LogP contribution in [0.25, 0.3) is 0 Å². The van der Waals surface area contributed by atoms with E-state index in [-0.39, 0.29) is 0 Å². The van der Waals surface area contributed by atoms with E-state index in [0.29, 0.717) is 17.3 Å². The summed E-state index contributed by atoms with van der Waals surface area (Å²) in [6.45, 7) is 8.66. The lowest BCUT2D eigenvalue weighted by molar-refractivity contribution is -0.00124. The molecule has 0 amide bonds. The standard InChI is InChI=1S/C16H22N4/c1-10-7-11(2)19-15(18-10)20-17-9-12-5-6-13-8-14(12)16(13,3)4/h5,7,9,13-14H,6,8H2,1-4H3,(H,18,19,20). The van der Waals surface area contributed by atoms with Crippen molar-refractivity contribution >= 4 is 12.2 Å². The Morgan fingerprint density at radius 2 is 2.00 bits per heavy atom. The number of hydrogen-bond donors (Lipinski definition) is 1. The maximum absolute atomic E-state index is 4.32. The molecule has 4 nitrogen and oxygen atoms in total. The molecule has 2 atom stereocenters. The Hall–Kier alpha value is -1.71. The van der Waals surface area contributed by atoms with Gasteiger partial charge < -0.3 is 0 Å². The third kappa shape index (κ3) is 2.23. The Labute approximate surface area is 120 Å². The molecule has 1 saturated carbocycles. The highest BCUT2D eigenvalue weighted by molar-refractivity contribution is 5.81. The Morgan fingerprint density at radius 1 is 1.30 bits per heavy atom. The van der Waals surface area contributed by atoms with E-state index in [1.807, 2.05) is 26.1 Å². The zero-order valence-corrected chi connectivity index (χ0v) is 12.6. The van der Waals surface area contributed by atoms with Gasteiger partial charge in [-0.15, -0.1) is 0 Å². The van der Waals surface area contributed by atoms with E-state index in [1.54, 1.807) is 0 Å². The summed E-state index contributed by atoms with van der Waals surface area (Å²) in [5.74, 6) is 2.09. The van der Waals surface area contributed by atoms with E-state index in [4.69, 9.17) is 0 Å². The quantitative estimate of drug-likeness (QED) is 0.675. The van der Waals surface area contributed by atoms with Gasteiger partial charge in [0, 0.05) is 11.4 Å². The van der Waals surface area contributed by atoms with E-state index in [0.717, 1.165) is 17.3 Å². The van der Waals surface area contributed by atoms with Crippen LogP contribution in [0.4, 0.5) is 5.95 Å². The second-order valence-electron chi connectivity index (χ2n) is 6.59. The summed E-state index contributed by atoms with van der Waals surface area (Å²) >= 11 is 0. The molecule has 0 aliphatic heterocycles. The molecule has 4 heteroatoms. The SMILES string of the molecule is Cc1cc(C)nc(NN=CC2=CCC3CC2C3(C)C)n1. The van der Waals surface area contributed by atoms with Crippen LogP contribution in [0.1, 0.15) is 38.1 Å². The lowest BCUT2D eigenvalue weighted by Crippen LogP contribution is -2.48. The van der Waals surface area contributed by atoms with Gasteiger partial charge in [0.15, 0.2) is 0 Å². The molecular formula is C16H22N4. The zero-order chi connectivity index (χ0) is 14.3. The van der Waals surface area contributed by atoms with Gasteiger partial charge in [0.05, 0.1) is 6.21 Å². The maximum Gasteiger partial charge on any atom is 0.243 e. The largest absolute Gasteiger partial charge is 0.245 e. The highest BCUT2D eigenvalue weighted by Gasteiger charge is 2.50. The third-order valence-corrected chi connectivity index (χ3v) is 4.87. The van der Waals surface area contributed by atoms with Crippen LogP contribution in [-0.2, 0) is 0 Å². The van der Waals surface area contributed by atoms with Gasteiger partial charge in [0.2, 0.25) is 5.95 Å². The minimum atomic E-state index is 0.437. The van der Waals surface area contributed by atoms with E-state index in [9.17, 15) is 0 Å². The lowest BCUT2D eigenvalue weighted by atomic mass is 9.49. The molecule has 3 aliphatic rings. The fourth-order valence-electron chi connectivity index (χ4n) is 3.49. The minimum absolute atomic E-state index is 0.437. The molecule has 2 unspecified atom stereocenters. The number of nitrogens with zero attached hydrogens (tertiary/aromatic N) is 3. The van der Waals surface area contributed by atoms with E-state index < -0.39 is 0 Å². The highest BCUT2D eigenvalue weighted by atomic mass is 15.3. The summed E-state index contributed by atoms with van der Waals surface area (Å²) in [5, 5.41) is 4.32. The molecule has 106 valence electrons. The molecule has 4 rings (SSSR count). The van der Waals surface area contributed by atoms with Crippen LogP contribution in [0.3, 0.4) is 0 Å². The maximum atomic E-state index is 4.32. The number of hydrazone groups is 1. The molecule has 1 aromatic rings. The molecule has 2 bridgehead atoms. The van der Waals surface area contributed by atoms with Crippen molar-refractivity contribution in [1.29, 1.82) is 0 Å². The molecule has 0 spiro atoms. The normalized spacial score (nSPS) is 27.1. The van der Waals surface area contributed by atoms with Crippen molar-refractivity contribution in [3.8, 4) is 0 Å². The number of nitrogens with one attached hydrogen (secondary N) is 1. The van der Waals surface area contributed by atoms with Crippen molar-refractivity contribution in [2.75, 3.05) is 5.43 Å². The minimum Gasteiger partial charge on any atom is -0.245 e. The average molecular weight is 270 g/mol. The molecule has 0 radical (unpaired) electrons. The van der Waals surface area contributed by atoms with Gasteiger partial charge in [-0.1, -0.05) is 19.9 Å². The number of allylic oxidation sites excluding steroid dienone is 2. The molecule has 0 aromatic carbocycles. The van der Waals surface area contributed by atoms with Crippen LogP contribution in [0.5, 0.6) is 0 Å². The Balaban J connectivity index is 1.68. The number of rotatable bonds is 3. The predicted molar refractivity (Wildman–Crippen MR) is 81.7 cm³/mol. The molecule has 20 heavy (non-hydrogen) atoms. The number of hydrogen-bond acceptors (Lipinski definition) is 4. The van der Waals surface area contributed by atoms with Crippen LogP contribution in [-0.4, -0.2) is 16.2 Å². The molecule has 1 N–H and O–H groups in total. The van der Waals surface area contributed by atoms with Crippen molar-refractivity contribution < 1.29 is 0 Å². The smallest absolute Gasteiger partial charge is 0.243 e. The molecule has 0 saturated heterocycles. The second kappa shape index (κ2) is 4.69. The molecule has 1 aromatic heterocycles. The monoisotopic (exact) mass is 270 g/mol. The van der Waals surface area contributed by atoms with Gasteiger partial charge in [-0.25, -0.2) is 15.4 Å². The third-order valence-electron chi connectivity index (χ3n) is 4.87. The first-order valence-electron chi connectivity index (χ1n) is 7.28. The lowest BCUT2D eigenvalue weighted by Gasteiger charge is -2.55. The van der Waals surface area contributed by atoms with Gasteiger partial charge in [-0.2, -0.15) is 5.10 Å². The average Bonchev–Trinajstić information content (AvgIpc) is 2.37. The van der Waals surface area contributed by atoms with Crippen molar-refractivity contribution in [1.82, 2.24) is 9.97 Å². The van der Waals surface area contributed by atoms with Gasteiger partial charge in [-0.05, 0) is 55.6 Å². The van der Waals surface area contributed by atoms with Crippen molar-refractivity contribution in [3.63, 3.8) is 0 Å². The van der Waals surface area contributed by atoms with E-state index in [1.165, 1.54) is 18.4 Å². The fourth-order valence-corrected chi connectivity index (χ4v) is 3.49. The van der Waals surface area contributed by atoms with Gasteiger partial charge in [-0.3, -0.25) is 0 Å². The van der Waals surface area contributed by atoms with Crippen molar-refractivity contribution in [3.05, 3.63) is 29.1 Å². The summed E-state index contributed by atoms with van der Waals surface area (Å²) in [7, 11) is 0. The summed E-state index contributed by atoms with van der Waals surface area (Å²) in [6.07, 6.45) is 6.77. The topological polar surface area (TPSA) is 50.2 Å². The van der Waals surface area contributed by atoms with Crippen molar-refractivity contribution in [2.24, 2.45) is 22.4 Å². The molecule has 3 aliphatic carbocycles. The highest BCUT2D eigenvalue weighted by Crippen LogP contribution is 2.58. The zero-order valence-electron chi connectivity index (χ0n) is 12.6. The summed E-state index contributed by atoms with van der Waals surface area (Å²) in [5.41, 5.74) is 6.65. The van der Waals surface area contributed by atoms with Crippen LogP contribution in [0, 0.1) is 31.1 Å². The van der Waals surface area contributed by atoms with Crippen LogP contribution < -0.4 is 5.43 Å². The van der Waals surface area contributed by atoms with Crippen LogP contribution in [0.2, 0.25) is 0 Å². The predicted octanol–water partition coefficient (Wildman–Crippen LogP) is 3.48. The van der Waals surface area contributed by atoms with E-state index in [2.05, 4.69) is 40.4 Å². The first-order valence-corrected chi connectivity index (χ1v) is 7.28. The summed E-state index contributed by atoms with van der Waals surface area (Å²) in [6, 6.07) is 1.95. The van der Waals surface area contributed by atoms with Gasteiger partial charge in [0.25, 0.3) is 0 Å². The Kier molecular flexibility index (Phi) is 3.11. The number of aryl methyl sites for hydroxylation is 2. The first kappa shape index (κ1) is 13.3. The number of aromatic nitrogens is 2. The molecule has 1 heterocycles.